The summed E-state index contributed by atoms with van der Waals surface area (Å²) in [7, 11) is 1.78. The van der Waals surface area contributed by atoms with Crippen LogP contribution in [-0.2, 0) is 14.3 Å². The largest absolute Gasteiger partial charge is 0.449 e. The van der Waals surface area contributed by atoms with Crippen molar-refractivity contribution in [3.05, 3.63) is 34.9 Å². The Morgan fingerprint density at radius 2 is 1.69 bits per heavy atom. The summed E-state index contributed by atoms with van der Waals surface area (Å²) in [6.07, 6.45) is 6.42. The van der Waals surface area contributed by atoms with Crippen LogP contribution in [0.25, 0.3) is 0 Å². The van der Waals surface area contributed by atoms with Crippen LogP contribution in [-0.4, -0.2) is 78.5 Å². The first-order valence-corrected chi connectivity index (χ1v) is 13.9. The van der Waals surface area contributed by atoms with E-state index in [0.717, 1.165) is 24.8 Å². The maximum absolute atomic E-state index is 13.6. The summed E-state index contributed by atoms with van der Waals surface area (Å²) in [4.78, 5) is 44.7. The van der Waals surface area contributed by atoms with E-state index in [9.17, 15) is 14.4 Å². The molecule has 2 saturated carbocycles. The Bertz CT molecular complexity index is 983. The maximum atomic E-state index is 13.6. The smallest absolute Gasteiger partial charge is 0.409 e. The van der Waals surface area contributed by atoms with E-state index in [1.165, 1.54) is 12.8 Å². The van der Waals surface area contributed by atoms with E-state index in [2.05, 4.69) is 0 Å². The number of ether oxygens (including phenoxy) is 1. The first-order chi connectivity index (χ1) is 17.2. The van der Waals surface area contributed by atoms with Gasteiger partial charge in [-0.3, -0.25) is 9.59 Å². The first kappa shape index (κ1) is 25.4. The van der Waals surface area contributed by atoms with Crippen molar-refractivity contribution < 1.29 is 19.1 Å². The van der Waals surface area contributed by atoms with E-state index in [1.54, 1.807) is 11.9 Å². The van der Waals surface area contributed by atoms with Crippen LogP contribution >= 0.6 is 11.6 Å². The fourth-order valence-electron chi connectivity index (χ4n) is 5.72. The van der Waals surface area contributed by atoms with Crippen LogP contribution in [0.1, 0.15) is 63.4 Å². The number of hydrogen-bond donors (Lipinski definition) is 0. The van der Waals surface area contributed by atoms with Gasteiger partial charge in [-0.1, -0.05) is 43.5 Å². The summed E-state index contributed by atoms with van der Waals surface area (Å²) in [5.41, 5.74) is 0.901. The van der Waals surface area contributed by atoms with Crippen LogP contribution in [0.2, 0.25) is 5.02 Å². The van der Waals surface area contributed by atoms with E-state index in [4.69, 9.17) is 16.3 Å². The van der Waals surface area contributed by atoms with Gasteiger partial charge < -0.3 is 19.4 Å². The summed E-state index contributed by atoms with van der Waals surface area (Å²) < 4.78 is 5.57. The number of hydrogen-bond acceptors (Lipinski definition) is 4. The van der Waals surface area contributed by atoms with Crippen molar-refractivity contribution >= 4 is 29.5 Å². The minimum absolute atomic E-state index is 0.0105. The number of halogens is 1. The third-order valence-corrected chi connectivity index (χ3v) is 9.03. The maximum Gasteiger partial charge on any atom is 0.409 e. The van der Waals surface area contributed by atoms with Gasteiger partial charge in [0.1, 0.15) is 0 Å². The third kappa shape index (κ3) is 5.51. The molecule has 8 heteroatoms. The number of piperidine rings is 1. The van der Waals surface area contributed by atoms with Gasteiger partial charge in [-0.2, -0.15) is 0 Å². The SMILES string of the molecule is CN(C(=O)OCCC1CC1)C1CN(C(=O)C2CCN(C(=O)C3(C)CC3)CC2)C[C@@H]1c1ccc(Cl)cc1. The Balaban J connectivity index is 1.23. The summed E-state index contributed by atoms with van der Waals surface area (Å²) in [6, 6.07) is 7.53. The molecule has 0 spiro atoms. The van der Waals surface area contributed by atoms with E-state index >= 15 is 0 Å². The predicted molar refractivity (Wildman–Crippen MR) is 138 cm³/mol. The van der Waals surface area contributed by atoms with E-state index < -0.39 is 0 Å². The predicted octanol–water partition coefficient (Wildman–Crippen LogP) is 4.54. The molecule has 0 aromatic heterocycles. The summed E-state index contributed by atoms with van der Waals surface area (Å²) >= 11 is 6.13. The van der Waals surface area contributed by atoms with Gasteiger partial charge in [0.25, 0.3) is 0 Å². The molecule has 1 unspecified atom stereocenters. The molecule has 2 aliphatic heterocycles. The lowest BCUT2D eigenvalue weighted by Crippen LogP contribution is -2.46. The number of carbonyl (C=O) groups is 3. The molecule has 3 amide bonds. The van der Waals surface area contributed by atoms with Crippen LogP contribution in [0.3, 0.4) is 0 Å². The fourth-order valence-corrected chi connectivity index (χ4v) is 5.85. The van der Waals surface area contributed by atoms with Crippen molar-refractivity contribution in [2.45, 2.75) is 63.8 Å². The Morgan fingerprint density at radius 1 is 1.03 bits per heavy atom. The molecule has 2 saturated heterocycles. The molecule has 2 aliphatic carbocycles. The summed E-state index contributed by atoms with van der Waals surface area (Å²) in [5, 5.41) is 0.662. The molecule has 2 heterocycles. The third-order valence-electron chi connectivity index (χ3n) is 8.78. The van der Waals surface area contributed by atoms with Crippen LogP contribution in [0, 0.1) is 17.3 Å². The van der Waals surface area contributed by atoms with Crippen molar-refractivity contribution in [3.63, 3.8) is 0 Å². The molecule has 0 bridgehead atoms. The molecule has 1 aromatic rings. The van der Waals surface area contributed by atoms with Gasteiger partial charge in [-0.25, -0.2) is 4.79 Å². The summed E-state index contributed by atoms with van der Waals surface area (Å²) in [6.45, 7) is 4.83. The number of carbonyl (C=O) groups excluding carboxylic acids is 3. The van der Waals surface area contributed by atoms with Crippen molar-refractivity contribution in [3.8, 4) is 0 Å². The normalized spacial score (nSPS) is 25.5. The molecule has 7 nitrogen and oxygen atoms in total. The van der Waals surface area contributed by atoms with Crippen LogP contribution in [0.5, 0.6) is 0 Å². The molecule has 4 aliphatic rings. The molecule has 36 heavy (non-hydrogen) atoms. The molecule has 0 radical (unpaired) electrons. The lowest BCUT2D eigenvalue weighted by Gasteiger charge is -2.34. The van der Waals surface area contributed by atoms with Crippen molar-refractivity contribution in [1.82, 2.24) is 14.7 Å². The second-order valence-electron chi connectivity index (χ2n) is 11.6. The molecule has 4 fully saturated rings. The Morgan fingerprint density at radius 3 is 2.31 bits per heavy atom. The Labute approximate surface area is 219 Å². The topological polar surface area (TPSA) is 70.2 Å². The van der Waals surface area contributed by atoms with Crippen LogP contribution < -0.4 is 0 Å². The standard InChI is InChI=1S/C28H38ClN3O4/c1-28(12-13-28)26(34)31-14-9-21(10-15-31)25(33)32-17-23(20-5-7-22(29)8-6-20)24(18-32)30(2)27(35)36-16-11-19-3-4-19/h5-8,19,21,23-24H,3-4,9-18H2,1-2H3/t23-,24?/m1/s1. The van der Waals surface area contributed by atoms with E-state index in [1.807, 2.05) is 41.0 Å². The molecule has 2 atom stereocenters. The van der Waals surface area contributed by atoms with Gasteiger partial charge in [0.15, 0.2) is 0 Å². The molecule has 1 aromatic carbocycles. The van der Waals surface area contributed by atoms with Gasteiger partial charge in [0.05, 0.1) is 12.6 Å². The van der Waals surface area contributed by atoms with Gasteiger partial charge >= 0.3 is 6.09 Å². The number of likely N-dealkylation sites (tertiary alicyclic amines) is 2. The lowest BCUT2D eigenvalue weighted by molar-refractivity contribution is -0.142. The molecule has 0 N–H and O–H groups in total. The number of benzene rings is 1. The van der Waals surface area contributed by atoms with Crippen molar-refractivity contribution in [1.29, 1.82) is 0 Å². The Kier molecular flexibility index (Phi) is 7.21. The first-order valence-electron chi connectivity index (χ1n) is 13.5. The average molecular weight is 516 g/mol. The molecular formula is C28H38ClN3O4. The zero-order valence-electron chi connectivity index (χ0n) is 21.5. The summed E-state index contributed by atoms with van der Waals surface area (Å²) in [5.74, 6) is 1.000. The van der Waals surface area contributed by atoms with E-state index in [-0.39, 0.29) is 41.2 Å². The quantitative estimate of drug-likeness (QED) is 0.534. The van der Waals surface area contributed by atoms with Crippen LogP contribution in [0.15, 0.2) is 24.3 Å². The highest BCUT2D eigenvalue weighted by atomic mass is 35.5. The van der Waals surface area contributed by atoms with Gasteiger partial charge in [-0.05, 0) is 55.7 Å². The van der Waals surface area contributed by atoms with E-state index in [0.29, 0.717) is 56.6 Å². The number of nitrogens with zero attached hydrogens (tertiary/aromatic N) is 3. The van der Waals surface area contributed by atoms with Gasteiger partial charge in [-0.15, -0.1) is 0 Å². The molecule has 5 rings (SSSR count). The Hall–Kier alpha value is -2.28. The lowest BCUT2D eigenvalue weighted by atomic mass is 9.93. The number of amides is 3. The number of likely N-dealkylation sites (N-methyl/N-ethyl adjacent to an activating group) is 1. The van der Waals surface area contributed by atoms with Crippen molar-refractivity contribution in [2.75, 3.05) is 39.8 Å². The van der Waals surface area contributed by atoms with Crippen LogP contribution in [0.4, 0.5) is 4.79 Å². The van der Waals surface area contributed by atoms with Crippen molar-refractivity contribution in [2.24, 2.45) is 17.3 Å². The monoisotopic (exact) mass is 515 g/mol. The van der Waals surface area contributed by atoms with Gasteiger partial charge in [0.2, 0.25) is 11.8 Å². The average Bonchev–Trinajstić information content (AvgIpc) is 3.81. The molecule has 196 valence electrons. The highest BCUT2D eigenvalue weighted by molar-refractivity contribution is 6.30. The minimum Gasteiger partial charge on any atom is -0.449 e. The zero-order chi connectivity index (χ0) is 25.4. The zero-order valence-corrected chi connectivity index (χ0v) is 22.2. The van der Waals surface area contributed by atoms with Gasteiger partial charge in [0, 0.05) is 55.5 Å². The second kappa shape index (κ2) is 10.2. The highest BCUT2D eigenvalue weighted by Gasteiger charge is 2.48. The highest BCUT2D eigenvalue weighted by Crippen LogP contribution is 2.47. The number of rotatable bonds is 7. The fraction of sp³-hybridized carbons (Fsp3) is 0.679. The molecular weight excluding hydrogens is 478 g/mol. The second-order valence-corrected chi connectivity index (χ2v) is 12.0. The minimum atomic E-state index is -0.325.